The van der Waals surface area contributed by atoms with Gasteiger partial charge in [0.25, 0.3) is 0 Å². The largest absolute Gasteiger partial charge is 0.490 e. The number of rotatable bonds is 0. The second kappa shape index (κ2) is 4.52. The van der Waals surface area contributed by atoms with Crippen LogP contribution < -0.4 is 5.32 Å². The summed E-state index contributed by atoms with van der Waals surface area (Å²) in [5.41, 5.74) is 0.492. The van der Waals surface area contributed by atoms with Crippen LogP contribution in [-0.4, -0.2) is 54.2 Å². The molecule has 0 aromatic heterocycles. The molecule has 0 aliphatic carbocycles. The Hall–Kier alpha value is -1.31. The van der Waals surface area contributed by atoms with Gasteiger partial charge in [-0.2, -0.15) is 13.2 Å². The van der Waals surface area contributed by atoms with Crippen LogP contribution in [-0.2, 0) is 9.59 Å². The molecule has 2 aliphatic heterocycles. The quantitative estimate of drug-likeness (QED) is 0.642. The summed E-state index contributed by atoms with van der Waals surface area (Å²) in [5.74, 6) is -2.54. The number of amides is 1. The lowest BCUT2D eigenvalue weighted by Crippen LogP contribution is -2.71. The Balaban J connectivity index is 0.000000185. The molecule has 2 N–H and O–H groups in total. The molecule has 0 atom stereocenters. The summed E-state index contributed by atoms with van der Waals surface area (Å²) in [6.07, 6.45) is -5.08. The van der Waals surface area contributed by atoms with Gasteiger partial charge in [-0.15, -0.1) is 0 Å². The number of carboxylic acid groups (broad SMARTS) is 1. The third-order valence-corrected chi connectivity index (χ3v) is 2.74. The predicted molar refractivity (Wildman–Crippen MR) is 51.2 cm³/mol. The molecule has 5 nitrogen and oxygen atoms in total. The fraction of sp³-hybridized carbons (Fsp3) is 0.778. The molecule has 2 aliphatic rings. The van der Waals surface area contributed by atoms with E-state index in [4.69, 9.17) is 9.90 Å². The maximum atomic E-state index is 10.8. The van der Waals surface area contributed by atoms with Gasteiger partial charge in [0.1, 0.15) is 0 Å². The van der Waals surface area contributed by atoms with E-state index in [0.29, 0.717) is 5.41 Å². The van der Waals surface area contributed by atoms with Crippen molar-refractivity contribution in [3.05, 3.63) is 0 Å². The number of carboxylic acids is 1. The number of nitrogens with one attached hydrogen (secondary N) is 1. The summed E-state index contributed by atoms with van der Waals surface area (Å²) < 4.78 is 31.7. The molecule has 1 amide bonds. The lowest BCUT2D eigenvalue weighted by molar-refractivity contribution is -0.192. The molecule has 0 bridgehead atoms. The smallest absolute Gasteiger partial charge is 0.475 e. The molecule has 98 valence electrons. The summed E-state index contributed by atoms with van der Waals surface area (Å²) in [6, 6.07) is 0. The van der Waals surface area contributed by atoms with E-state index >= 15 is 0 Å². The van der Waals surface area contributed by atoms with Crippen LogP contribution >= 0.6 is 0 Å². The van der Waals surface area contributed by atoms with E-state index in [1.54, 1.807) is 6.92 Å². The van der Waals surface area contributed by atoms with Gasteiger partial charge in [0.05, 0.1) is 0 Å². The Morgan fingerprint density at radius 2 is 1.71 bits per heavy atom. The first-order valence-corrected chi connectivity index (χ1v) is 4.93. The molecular formula is C9H13F3N2O3. The van der Waals surface area contributed by atoms with Crippen molar-refractivity contribution in [1.29, 1.82) is 0 Å². The maximum Gasteiger partial charge on any atom is 0.490 e. The summed E-state index contributed by atoms with van der Waals surface area (Å²) >= 11 is 0. The minimum atomic E-state index is -5.08. The second-order valence-electron chi connectivity index (χ2n) is 4.28. The van der Waals surface area contributed by atoms with E-state index in [0.717, 1.165) is 26.2 Å². The van der Waals surface area contributed by atoms with Gasteiger partial charge in [0.2, 0.25) is 5.91 Å². The zero-order valence-electron chi connectivity index (χ0n) is 9.17. The molecule has 1 spiro atoms. The Kier molecular flexibility index (Phi) is 3.65. The number of nitrogens with zero attached hydrogens (tertiary/aromatic N) is 1. The molecule has 2 rings (SSSR count). The van der Waals surface area contributed by atoms with Crippen LogP contribution in [0.4, 0.5) is 13.2 Å². The first kappa shape index (κ1) is 13.8. The van der Waals surface area contributed by atoms with Crippen molar-refractivity contribution < 1.29 is 27.9 Å². The third kappa shape index (κ3) is 3.32. The number of hydrogen-bond donors (Lipinski definition) is 2. The zero-order valence-corrected chi connectivity index (χ0v) is 9.17. The molecule has 2 saturated heterocycles. The number of carbonyl (C=O) groups is 2. The van der Waals surface area contributed by atoms with E-state index in [2.05, 4.69) is 5.32 Å². The van der Waals surface area contributed by atoms with Crippen LogP contribution in [0.1, 0.15) is 6.92 Å². The van der Waals surface area contributed by atoms with Crippen molar-refractivity contribution in [2.45, 2.75) is 13.1 Å². The van der Waals surface area contributed by atoms with Gasteiger partial charge in [-0.1, -0.05) is 0 Å². The third-order valence-electron chi connectivity index (χ3n) is 2.74. The number of aliphatic carboxylic acids is 1. The Bertz CT molecular complexity index is 318. The lowest BCUT2D eigenvalue weighted by atomic mass is 9.74. The first-order chi connectivity index (χ1) is 7.66. The van der Waals surface area contributed by atoms with Crippen molar-refractivity contribution in [2.75, 3.05) is 26.2 Å². The normalized spacial score (nSPS) is 20.8. The van der Waals surface area contributed by atoms with Crippen molar-refractivity contribution in [3.8, 4) is 0 Å². The van der Waals surface area contributed by atoms with E-state index < -0.39 is 12.1 Å². The average molecular weight is 254 g/mol. The van der Waals surface area contributed by atoms with Crippen molar-refractivity contribution in [3.63, 3.8) is 0 Å². The molecule has 17 heavy (non-hydrogen) atoms. The lowest BCUT2D eigenvalue weighted by Gasteiger charge is -2.55. The summed E-state index contributed by atoms with van der Waals surface area (Å²) in [6.45, 7) is 5.82. The van der Waals surface area contributed by atoms with Crippen LogP contribution in [0.2, 0.25) is 0 Å². The van der Waals surface area contributed by atoms with Crippen molar-refractivity contribution in [2.24, 2.45) is 5.41 Å². The van der Waals surface area contributed by atoms with E-state index in [1.165, 1.54) is 0 Å². The molecule has 0 aromatic carbocycles. The number of alkyl halides is 3. The van der Waals surface area contributed by atoms with Gasteiger partial charge in [-0.05, 0) is 0 Å². The highest BCUT2D eigenvalue weighted by Crippen LogP contribution is 2.33. The van der Waals surface area contributed by atoms with E-state index in [9.17, 15) is 18.0 Å². The SMILES string of the molecule is CC(=O)N1CC2(CNC2)C1.O=C(O)C(F)(F)F. The van der Waals surface area contributed by atoms with E-state index in [1.807, 2.05) is 4.90 Å². The first-order valence-electron chi connectivity index (χ1n) is 4.93. The summed E-state index contributed by atoms with van der Waals surface area (Å²) in [7, 11) is 0. The van der Waals surface area contributed by atoms with Gasteiger partial charge in [0, 0.05) is 38.5 Å². The molecule has 0 radical (unpaired) electrons. The topological polar surface area (TPSA) is 69.6 Å². The van der Waals surface area contributed by atoms with Gasteiger partial charge in [-0.25, -0.2) is 4.79 Å². The number of likely N-dealkylation sites (tertiary alicyclic amines) is 1. The monoisotopic (exact) mass is 254 g/mol. The highest BCUT2D eigenvalue weighted by molar-refractivity contribution is 5.74. The van der Waals surface area contributed by atoms with Gasteiger partial charge >= 0.3 is 12.1 Å². The molecule has 0 aromatic rings. The van der Waals surface area contributed by atoms with Gasteiger partial charge in [-0.3, -0.25) is 4.79 Å². The molecule has 2 heterocycles. The summed E-state index contributed by atoms with van der Waals surface area (Å²) in [5, 5.41) is 10.4. The molecular weight excluding hydrogens is 241 g/mol. The Morgan fingerprint density at radius 1 is 1.29 bits per heavy atom. The van der Waals surface area contributed by atoms with Crippen molar-refractivity contribution in [1.82, 2.24) is 10.2 Å². The fourth-order valence-corrected chi connectivity index (χ4v) is 1.69. The molecule has 2 fully saturated rings. The average Bonchev–Trinajstić information content (AvgIpc) is 1.96. The van der Waals surface area contributed by atoms with Crippen molar-refractivity contribution >= 4 is 11.9 Å². The number of carbonyl (C=O) groups excluding carboxylic acids is 1. The highest BCUT2D eigenvalue weighted by atomic mass is 19.4. The van der Waals surface area contributed by atoms with Gasteiger partial charge in [0.15, 0.2) is 0 Å². The standard InChI is InChI=1S/C7H12N2O.C2HF3O2/c1-6(10)9-4-7(5-9)2-8-3-7;3-2(4,5)1(6)7/h8H,2-5H2,1H3;(H,6,7). The Labute approximate surface area is 95.6 Å². The highest BCUT2D eigenvalue weighted by Gasteiger charge is 2.48. The zero-order chi connectivity index (χ0) is 13.3. The summed E-state index contributed by atoms with van der Waals surface area (Å²) in [4.78, 5) is 21.6. The van der Waals surface area contributed by atoms with Crippen LogP contribution in [0.15, 0.2) is 0 Å². The number of halogens is 3. The molecule has 8 heteroatoms. The molecule has 0 unspecified atom stereocenters. The predicted octanol–water partition coefficient (Wildman–Crippen LogP) is 0.0714. The van der Waals surface area contributed by atoms with Crippen LogP contribution in [0.3, 0.4) is 0 Å². The molecule has 0 saturated carbocycles. The minimum absolute atomic E-state index is 0.220. The van der Waals surface area contributed by atoms with E-state index in [-0.39, 0.29) is 5.91 Å². The van der Waals surface area contributed by atoms with Crippen LogP contribution in [0.25, 0.3) is 0 Å². The minimum Gasteiger partial charge on any atom is -0.475 e. The second-order valence-corrected chi connectivity index (χ2v) is 4.28. The maximum absolute atomic E-state index is 10.8. The fourth-order valence-electron chi connectivity index (χ4n) is 1.69. The van der Waals surface area contributed by atoms with Crippen LogP contribution in [0.5, 0.6) is 0 Å². The number of hydrogen-bond acceptors (Lipinski definition) is 3. The van der Waals surface area contributed by atoms with Gasteiger partial charge < -0.3 is 15.3 Å². The van der Waals surface area contributed by atoms with Crippen LogP contribution in [0, 0.1) is 5.41 Å². The Morgan fingerprint density at radius 3 is 1.88 bits per heavy atom.